The van der Waals surface area contributed by atoms with E-state index < -0.39 is 5.82 Å². The van der Waals surface area contributed by atoms with Crippen molar-refractivity contribution in [3.8, 4) is 0 Å². The van der Waals surface area contributed by atoms with Gasteiger partial charge in [-0.3, -0.25) is 16.3 Å². The number of pyridine rings is 1. The molecule has 1 aromatic carbocycles. The highest BCUT2D eigenvalue weighted by Crippen LogP contribution is 2.25. The molecule has 6 heteroatoms. The Morgan fingerprint density at radius 3 is 2.68 bits per heavy atom. The molecule has 0 bridgehead atoms. The van der Waals surface area contributed by atoms with Gasteiger partial charge >= 0.3 is 0 Å². The maximum atomic E-state index is 13.4. The molecule has 0 amide bonds. The normalized spacial score (nSPS) is 12.4. The van der Waals surface area contributed by atoms with Crippen molar-refractivity contribution in [2.45, 2.75) is 12.5 Å². The van der Waals surface area contributed by atoms with Gasteiger partial charge in [0.05, 0.1) is 21.8 Å². The molecule has 0 saturated carbocycles. The van der Waals surface area contributed by atoms with E-state index in [1.807, 2.05) is 0 Å². The van der Waals surface area contributed by atoms with Crippen molar-refractivity contribution >= 4 is 23.2 Å². The second kappa shape index (κ2) is 6.30. The molecule has 0 spiro atoms. The van der Waals surface area contributed by atoms with Crippen LogP contribution in [-0.4, -0.2) is 4.98 Å². The van der Waals surface area contributed by atoms with Crippen LogP contribution in [0, 0.1) is 5.82 Å². The molecular formula is C13H12Cl2FN3. The molecule has 3 nitrogen and oxygen atoms in total. The lowest BCUT2D eigenvalue weighted by Gasteiger charge is -2.16. The summed E-state index contributed by atoms with van der Waals surface area (Å²) in [4.78, 5) is 4.19. The molecule has 100 valence electrons. The maximum Gasteiger partial charge on any atom is 0.142 e. The molecule has 0 aliphatic carbocycles. The van der Waals surface area contributed by atoms with E-state index in [2.05, 4.69) is 10.4 Å². The van der Waals surface area contributed by atoms with Gasteiger partial charge in [0.25, 0.3) is 0 Å². The molecule has 1 aromatic heterocycles. The molecule has 0 aliphatic rings. The van der Waals surface area contributed by atoms with Crippen LogP contribution in [-0.2, 0) is 6.42 Å². The van der Waals surface area contributed by atoms with Crippen molar-refractivity contribution in [1.82, 2.24) is 10.4 Å². The Hall–Kier alpha value is -1.20. The van der Waals surface area contributed by atoms with Crippen LogP contribution < -0.4 is 11.3 Å². The number of aromatic nitrogens is 1. The Morgan fingerprint density at radius 2 is 2.05 bits per heavy atom. The first kappa shape index (κ1) is 14.2. The summed E-state index contributed by atoms with van der Waals surface area (Å²) < 4.78 is 13.4. The number of nitrogens with two attached hydrogens (primary N) is 1. The lowest BCUT2D eigenvalue weighted by molar-refractivity contribution is 0.536. The molecule has 0 aliphatic heterocycles. The molecule has 1 unspecified atom stereocenters. The van der Waals surface area contributed by atoms with Crippen LogP contribution in [0.5, 0.6) is 0 Å². The summed E-state index contributed by atoms with van der Waals surface area (Å²) in [7, 11) is 0. The zero-order chi connectivity index (χ0) is 13.8. The van der Waals surface area contributed by atoms with Crippen LogP contribution in [0.1, 0.15) is 17.3 Å². The highest BCUT2D eigenvalue weighted by molar-refractivity contribution is 6.31. The largest absolute Gasteiger partial charge is 0.271 e. The molecule has 3 N–H and O–H groups in total. The van der Waals surface area contributed by atoms with Gasteiger partial charge in [0.1, 0.15) is 5.82 Å². The summed E-state index contributed by atoms with van der Waals surface area (Å²) >= 11 is 11.7. The molecule has 1 heterocycles. The zero-order valence-corrected chi connectivity index (χ0v) is 11.4. The minimum atomic E-state index is -0.445. The Labute approximate surface area is 120 Å². The van der Waals surface area contributed by atoms with Gasteiger partial charge in [-0.25, -0.2) is 4.39 Å². The summed E-state index contributed by atoms with van der Waals surface area (Å²) in [6, 6.07) is 7.90. The van der Waals surface area contributed by atoms with Crippen molar-refractivity contribution in [2.75, 3.05) is 0 Å². The predicted molar refractivity (Wildman–Crippen MR) is 74.4 cm³/mol. The van der Waals surface area contributed by atoms with Gasteiger partial charge in [-0.1, -0.05) is 35.3 Å². The number of hydrogen-bond donors (Lipinski definition) is 2. The summed E-state index contributed by atoms with van der Waals surface area (Å²) in [5, 5.41) is 0.653. The van der Waals surface area contributed by atoms with E-state index in [1.54, 1.807) is 24.3 Å². The number of halogens is 3. The van der Waals surface area contributed by atoms with E-state index >= 15 is 0 Å². The van der Waals surface area contributed by atoms with Gasteiger partial charge in [-0.2, -0.15) is 0 Å². The standard InChI is InChI=1S/C13H12Cl2FN3/c14-9-4-5-11(18-7-9)12(19-17)6-8-2-1-3-10(16)13(8)15/h1-5,7,12,19H,6,17H2. The van der Waals surface area contributed by atoms with Crippen molar-refractivity contribution in [2.24, 2.45) is 5.84 Å². The van der Waals surface area contributed by atoms with Crippen LogP contribution >= 0.6 is 23.2 Å². The van der Waals surface area contributed by atoms with Gasteiger partial charge < -0.3 is 0 Å². The smallest absolute Gasteiger partial charge is 0.142 e. The van der Waals surface area contributed by atoms with E-state index in [0.717, 1.165) is 0 Å². The molecule has 2 aromatic rings. The van der Waals surface area contributed by atoms with E-state index in [4.69, 9.17) is 29.0 Å². The van der Waals surface area contributed by atoms with Gasteiger partial charge in [0.15, 0.2) is 0 Å². The Kier molecular flexibility index (Phi) is 4.71. The van der Waals surface area contributed by atoms with Gasteiger partial charge in [0.2, 0.25) is 0 Å². The molecule has 0 saturated heterocycles. The van der Waals surface area contributed by atoms with Gasteiger partial charge in [-0.05, 0) is 30.2 Å². The minimum absolute atomic E-state index is 0.108. The third-order valence-electron chi connectivity index (χ3n) is 2.76. The van der Waals surface area contributed by atoms with E-state index in [-0.39, 0.29) is 11.1 Å². The fourth-order valence-electron chi connectivity index (χ4n) is 1.77. The van der Waals surface area contributed by atoms with Crippen molar-refractivity contribution in [3.63, 3.8) is 0 Å². The lowest BCUT2D eigenvalue weighted by Crippen LogP contribution is -2.30. The number of hydrogen-bond acceptors (Lipinski definition) is 3. The lowest BCUT2D eigenvalue weighted by atomic mass is 10.0. The highest BCUT2D eigenvalue weighted by Gasteiger charge is 2.15. The van der Waals surface area contributed by atoms with Gasteiger partial charge in [-0.15, -0.1) is 0 Å². The summed E-state index contributed by atoms with van der Waals surface area (Å²) in [6.45, 7) is 0. The Balaban J connectivity index is 2.24. The fourth-order valence-corrected chi connectivity index (χ4v) is 2.08. The maximum absolute atomic E-state index is 13.4. The number of benzene rings is 1. The second-order valence-corrected chi connectivity index (χ2v) is 4.85. The van der Waals surface area contributed by atoms with E-state index in [0.29, 0.717) is 22.7 Å². The molecular weight excluding hydrogens is 288 g/mol. The van der Waals surface area contributed by atoms with Crippen LogP contribution in [0.4, 0.5) is 4.39 Å². The molecule has 19 heavy (non-hydrogen) atoms. The number of nitrogens with one attached hydrogen (secondary N) is 1. The topological polar surface area (TPSA) is 50.9 Å². The van der Waals surface area contributed by atoms with Crippen molar-refractivity contribution < 1.29 is 4.39 Å². The third kappa shape index (κ3) is 3.42. The highest BCUT2D eigenvalue weighted by atomic mass is 35.5. The van der Waals surface area contributed by atoms with E-state index in [1.165, 1.54) is 12.3 Å². The van der Waals surface area contributed by atoms with Gasteiger partial charge in [0, 0.05) is 6.20 Å². The van der Waals surface area contributed by atoms with Crippen LogP contribution in [0.3, 0.4) is 0 Å². The number of hydrazine groups is 1. The average Bonchev–Trinajstić information content (AvgIpc) is 2.42. The van der Waals surface area contributed by atoms with Crippen molar-refractivity contribution in [3.05, 3.63) is 63.6 Å². The first-order valence-electron chi connectivity index (χ1n) is 5.62. The van der Waals surface area contributed by atoms with E-state index in [9.17, 15) is 4.39 Å². The SMILES string of the molecule is NNC(Cc1cccc(F)c1Cl)c1ccc(Cl)cn1. The third-order valence-corrected chi connectivity index (χ3v) is 3.41. The molecule has 1 atom stereocenters. The molecule has 0 fully saturated rings. The zero-order valence-electron chi connectivity index (χ0n) is 9.91. The first-order valence-corrected chi connectivity index (χ1v) is 6.38. The Morgan fingerprint density at radius 1 is 1.26 bits per heavy atom. The molecule has 0 radical (unpaired) electrons. The quantitative estimate of drug-likeness (QED) is 0.673. The second-order valence-electron chi connectivity index (χ2n) is 4.04. The van der Waals surface area contributed by atoms with Crippen LogP contribution in [0.15, 0.2) is 36.5 Å². The Bertz CT molecular complexity index is 560. The summed E-state index contributed by atoms with van der Waals surface area (Å²) in [5.74, 6) is 5.07. The van der Waals surface area contributed by atoms with Crippen molar-refractivity contribution in [1.29, 1.82) is 0 Å². The fraction of sp³-hybridized carbons (Fsp3) is 0.154. The van der Waals surface area contributed by atoms with Crippen LogP contribution in [0.25, 0.3) is 0 Å². The number of nitrogens with zero attached hydrogens (tertiary/aromatic N) is 1. The molecule has 2 rings (SSSR count). The first-order chi connectivity index (χ1) is 9.11. The monoisotopic (exact) mass is 299 g/mol. The average molecular weight is 300 g/mol. The van der Waals surface area contributed by atoms with Crippen LogP contribution in [0.2, 0.25) is 10.0 Å². The summed E-state index contributed by atoms with van der Waals surface area (Å²) in [6.07, 6.45) is 1.97. The minimum Gasteiger partial charge on any atom is -0.271 e. The predicted octanol–water partition coefficient (Wildman–Crippen LogP) is 3.27. The summed E-state index contributed by atoms with van der Waals surface area (Å²) in [5.41, 5.74) is 4.03. The number of rotatable bonds is 4.